The van der Waals surface area contributed by atoms with Gasteiger partial charge in [-0.15, -0.1) is 0 Å². The Hall–Kier alpha value is -2.13. The topological polar surface area (TPSA) is 26.0 Å². The van der Waals surface area contributed by atoms with Crippen LogP contribution in [0.2, 0.25) is 0 Å². The molecule has 3 aromatic carbocycles. The van der Waals surface area contributed by atoms with Gasteiger partial charge >= 0.3 is 0 Å². The van der Waals surface area contributed by atoms with Gasteiger partial charge in [0.15, 0.2) is 5.58 Å². The van der Waals surface area contributed by atoms with E-state index in [1.165, 1.54) is 5.56 Å². The summed E-state index contributed by atoms with van der Waals surface area (Å²) in [6.07, 6.45) is 0. The van der Waals surface area contributed by atoms with Crippen LogP contribution in [0.4, 0.5) is 0 Å². The van der Waals surface area contributed by atoms with Crippen LogP contribution in [0, 0.1) is 6.92 Å². The Labute approximate surface area is 130 Å². The number of hydrogen-bond acceptors (Lipinski definition) is 2. The lowest BCUT2D eigenvalue weighted by Crippen LogP contribution is -1.82. The van der Waals surface area contributed by atoms with Crippen molar-refractivity contribution in [3.8, 4) is 11.5 Å². The van der Waals surface area contributed by atoms with Gasteiger partial charge in [0.05, 0.1) is 0 Å². The minimum atomic E-state index is 0.666. The van der Waals surface area contributed by atoms with Crippen molar-refractivity contribution in [1.29, 1.82) is 0 Å². The molecule has 0 saturated carbocycles. The highest BCUT2D eigenvalue weighted by molar-refractivity contribution is 9.10. The van der Waals surface area contributed by atoms with Crippen LogP contribution in [0.3, 0.4) is 0 Å². The summed E-state index contributed by atoms with van der Waals surface area (Å²) in [6.45, 7) is 2.06. The van der Waals surface area contributed by atoms with E-state index in [2.05, 4.69) is 40.0 Å². The molecule has 0 atom stereocenters. The van der Waals surface area contributed by atoms with Crippen LogP contribution in [0.15, 0.2) is 63.5 Å². The maximum absolute atomic E-state index is 5.93. The van der Waals surface area contributed by atoms with Crippen molar-refractivity contribution in [2.24, 2.45) is 0 Å². The van der Waals surface area contributed by atoms with Gasteiger partial charge in [-0.25, -0.2) is 4.98 Å². The Morgan fingerprint density at radius 2 is 1.76 bits per heavy atom. The van der Waals surface area contributed by atoms with Crippen molar-refractivity contribution < 1.29 is 4.42 Å². The second-order valence-corrected chi connectivity index (χ2v) is 5.99. The highest BCUT2D eigenvalue weighted by Crippen LogP contribution is 2.33. The molecule has 0 spiro atoms. The van der Waals surface area contributed by atoms with E-state index in [1.807, 2.05) is 42.5 Å². The van der Waals surface area contributed by atoms with E-state index < -0.39 is 0 Å². The predicted molar refractivity (Wildman–Crippen MR) is 89.4 cm³/mol. The zero-order chi connectivity index (χ0) is 14.4. The van der Waals surface area contributed by atoms with Gasteiger partial charge in [-0.3, -0.25) is 0 Å². The molecule has 0 aliphatic rings. The van der Waals surface area contributed by atoms with E-state index in [0.29, 0.717) is 5.89 Å². The van der Waals surface area contributed by atoms with Crippen LogP contribution < -0.4 is 0 Å². The largest absolute Gasteiger partial charge is 0.436 e. The Balaban J connectivity index is 2.02. The summed E-state index contributed by atoms with van der Waals surface area (Å²) in [5, 5.41) is 2.29. The van der Waals surface area contributed by atoms with Crippen LogP contribution in [0.1, 0.15) is 5.56 Å². The van der Waals surface area contributed by atoms with Crippen molar-refractivity contribution in [3.05, 3.63) is 64.6 Å². The molecule has 0 bridgehead atoms. The van der Waals surface area contributed by atoms with Gasteiger partial charge in [0, 0.05) is 10.0 Å². The molecular formula is C18H12BrNO. The molecule has 3 heteroatoms. The van der Waals surface area contributed by atoms with E-state index in [4.69, 9.17) is 4.42 Å². The van der Waals surface area contributed by atoms with E-state index in [-0.39, 0.29) is 0 Å². The predicted octanol–water partition coefficient (Wildman–Crippen LogP) is 5.72. The summed E-state index contributed by atoms with van der Waals surface area (Å²) >= 11 is 3.60. The number of aryl methyl sites for hydroxylation is 1. The van der Waals surface area contributed by atoms with Gasteiger partial charge in [0.1, 0.15) is 5.52 Å². The third-order valence-corrected chi connectivity index (χ3v) is 4.33. The molecule has 0 aliphatic heterocycles. The first-order valence-corrected chi connectivity index (χ1v) is 7.56. The monoisotopic (exact) mass is 337 g/mol. The zero-order valence-electron chi connectivity index (χ0n) is 11.4. The number of hydrogen-bond donors (Lipinski definition) is 0. The molecule has 4 rings (SSSR count). The van der Waals surface area contributed by atoms with Crippen LogP contribution in [-0.2, 0) is 0 Å². The van der Waals surface area contributed by atoms with Crippen molar-refractivity contribution >= 4 is 37.8 Å². The minimum Gasteiger partial charge on any atom is -0.436 e. The summed E-state index contributed by atoms with van der Waals surface area (Å²) in [6, 6.07) is 18.4. The molecule has 21 heavy (non-hydrogen) atoms. The normalized spacial score (nSPS) is 11.3. The average molecular weight is 338 g/mol. The number of halogens is 1. The smallest absolute Gasteiger partial charge is 0.227 e. The van der Waals surface area contributed by atoms with Gasteiger partial charge in [-0.2, -0.15) is 0 Å². The van der Waals surface area contributed by atoms with Crippen molar-refractivity contribution in [3.63, 3.8) is 0 Å². The van der Waals surface area contributed by atoms with E-state index in [0.717, 1.165) is 31.9 Å². The van der Waals surface area contributed by atoms with Crippen LogP contribution >= 0.6 is 15.9 Å². The van der Waals surface area contributed by atoms with Crippen LogP contribution in [0.5, 0.6) is 0 Å². The molecule has 0 amide bonds. The number of rotatable bonds is 1. The summed E-state index contributed by atoms with van der Waals surface area (Å²) in [7, 11) is 0. The molecule has 0 fully saturated rings. The Morgan fingerprint density at radius 1 is 0.952 bits per heavy atom. The molecule has 0 unspecified atom stereocenters. The maximum Gasteiger partial charge on any atom is 0.227 e. The first kappa shape index (κ1) is 12.6. The van der Waals surface area contributed by atoms with Crippen molar-refractivity contribution in [2.75, 3.05) is 0 Å². The quantitative estimate of drug-likeness (QED) is 0.444. The maximum atomic E-state index is 5.93. The molecule has 2 nitrogen and oxygen atoms in total. The van der Waals surface area contributed by atoms with Crippen molar-refractivity contribution in [2.45, 2.75) is 6.92 Å². The van der Waals surface area contributed by atoms with E-state index in [9.17, 15) is 0 Å². The number of oxazole rings is 1. The lowest BCUT2D eigenvalue weighted by atomic mass is 10.0. The van der Waals surface area contributed by atoms with Crippen molar-refractivity contribution in [1.82, 2.24) is 4.98 Å². The third-order valence-electron chi connectivity index (χ3n) is 3.64. The fourth-order valence-corrected chi connectivity index (χ4v) is 3.11. The molecule has 102 valence electrons. The average Bonchev–Trinajstić information content (AvgIpc) is 2.90. The molecule has 0 radical (unpaired) electrons. The van der Waals surface area contributed by atoms with E-state index >= 15 is 0 Å². The Morgan fingerprint density at radius 3 is 2.67 bits per heavy atom. The molecule has 1 aromatic heterocycles. The summed E-state index contributed by atoms with van der Waals surface area (Å²) in [5.74, 6) is 0.666. The first-order valence-electron chi connectivity index (χ1n) is 6.77. The second kappa shape index (κ2) is 4.71. The highest BCUT2D eigenvalue weighted by Gasteiger charge is 2.12. The molecule has 0 aliphatic carbocycles. The fraction of sp³-hybridized carbons (Fsp3) is 0.0556. The number of nitrogens with zero attached hydrogens (tertiary/aromatic N) is 1. The Bertz CT molecular complexity index is 971. The van der Waals surface area contributed by atoms with Crippen LogP contribution in [-0.4, -0.2) is 4.98 Å². The lowest BCUT2D eigenvalue weighted by Gasteiger charge is -2.04. The first-order chi connectivity index (χ1) is 10.2. The van der Waals surface area contributed by atoms with E-state index in [1.54, 1.807) is 0 Å². The van der Waals surface area contributed by atoms with Gasteiger partial charge in [0.25, 0.3) is 0 Å². The summed E-state index contributed by atoms with van der Waals surface area (Å²) < 4.78 is 7.01. The van der Waals surface area contributed by atoms with Gasteiger partial charge in [-0.1, -0.05) is 46.3 Å². The standard InChI is InChI=1S/C18H12BrNO/c1-11-8-9-17-16(10-11)20-18(21-17)14-6-2-5-13-12(14)4-3-7-15(13)19/h2-10H,1H3. The highest BCUT2D eigenvalue weighted by atomic mass is 79.9. The van der Waals surface area contributed by atoms with Gasteiger partial charge in [0.2, 0.25) is 5.89 Å². The lowest BCUT2D eigenvalue weighted by molar-refractivity contribution is 0.620. The van der Waals surface area contributed by atoms with Gasteiger partial charge < -0.3 is 4.42 Å². The molecule has 0 N–H and O–H groups in total. The molecule has 4 aromatic rings. The number of fused-ring (bicyclic) bond motifs is 2. The molecule has 0 saturated heterocycles. The second-order valence-electron chi connectivity index (χ2n) is 5.13. The zero-order valence-corrected chi connectivity index (χ0v) is 13.0. The van der Waals surface area contributed by atoms with Gasteiger partial charge in [-0.05, 0) is 47.5 Å². The minimum absolute atomic E-state index is 0.666. The third kappa shape index (κ3) is 2.05. The summed E-state index contributed by atoms with van der Waals surface area (Å²) in [4.78, 5) is 4.64. The summed E-state index contributed by atoms with van der Waals surface area (Å²) in [5.41, 5.74) is 3.92. The molecule has 1 heterocycles. The number of benzene rings is 3. The molecular weight excluding hydrogens is 326 g/mol. The Kier molecular flexibility index (Phi) is 2.82. The fourth-order valence-electron chi connectivity index (χ4n) is 2.61. The SMILES string of the molecule is Cc1ccc2oc(-c3cccc4c(Br)cccc34)nc2c1. The number of aromatic nitrogens is 1. The van der Waals surface area contributed by atoms with Crippen LogP contribution in [0.25, 0.3) is 33.3 Å².